The van der Waals surface area contributed by atoms with E-state index in [1.165, 1.54) is 24.2 Å². The minimum atomic E-state index is 0.176. The molecule has 0 unspecified atom stereocenters. The molecule has 17 heavy (non-hydrogen) atoms. The van der Waals surface area contributed by atoms with Crippen molar-refractivity contribution in [2.75, 3.05) is 13.1 Å². The predicted octanol–water partition coefficient (Wildman–Crippen LogP) is 4.54. The fourth-order valence-corrected chi connectivity index (χ4v) is 3.77. The average molecular weight is 381 g/mol. The third-order valence-electron chi connectivity index (χ3n) is 2.81. The minimum absolute atomic E-state index is 0.176. The Bertz CT molecular complexity index is 395. The second-order valence-electron chi connectivity index (χ2n) is 4.43. The first-order valence-corrected chi connectivity index (χ1v) is 8.26. The second kappa shape index (κ2) is 5.85. The molecule has 2 nitrogen and oxygen atoms in total. The molecule has 0 saturated heterocycles. The van der Waals surface area contributed by atoms with Crippen LogP contribution in [0.5, 0.6) is 0 Å². The highest BCUT2D eigenvalue weighted by Crippen LogP contribution is 2.34. The Morgan fingerprint density at radius 3 is 2.71 bits per heavy atom. The van der Waals surface area contributed by atoms with E-state index in [0.29, 0.717) is 0 Å². The first-order chi connectivity index (χ1) is 8.11. The SMILES string of the molecule is CCCN(CC1CC1)C(=O)c1cc(Br)c(Br)s1. The number of nitrogens with zero attached hydrogens (tertiary/aromatic N) is 1. The molecular formula is C12H15Br2NOS. The van der Waals surface area contributed by atoms with Crippen molar-refractivity contribution >= 4 is 49.1 Å². The van der Waals surface area contributed by atoms with Crippen molar-refractivity contribution in [1.82, 2.24) is 4.90 Å². The van der Waals surface area contributed by atoms with Crippen molar-refractivity contribution in [2.45, 2.75) is 26.2 Å². The van der Waals surface area contributed by atoms with Crippen LogP contribution in [0.15, 0.2) is 14.3 Å². The van der Waals surface area contributed by atoms with Crippen molar-refractivity contribution < 1.29 is 4.79 Å². The molecule has 5 heteroatoms. The molecule has 1 aliphatic carbocycles. The number of thiophene rings is 1. The first kappa shape index (κ1) is 13.6. The Labute approximate surface area is 123 Å². The van der Waals surface area contributed by atoms with Gasteiger partial charge in [0.15, 0.2) is 0 Å². The van der Waals surface area contributed by atoms with Crippen molar-refractivity contribution in [3.05, 3.63) is 19.2 Å². The van der Waals surface area contributed by atoms with Gasteiger partial charge in [0, 0.05) is 17.6 Å². The van der Waals surface area contributed by atoms with Crippen molar-refractivity contribution in [2.24, 2.45) is 5.92 Å². The van der Waals surface area contributed by atoms with Gasteiger partial charge in [0.2, 0.25) is 0 Å². The summed E-state index contributed by atoms with van der Waals surface area (Å²) in [6.45, 7) is 3.91. The summed E-state index contributed by atoms with van der Waals surface area (Å²) < 4.78 is 1.96. The maximum atomic E-state index is 12.4. The van der Waals surface area contributed by atoms with Crippen molar-refractivity contribution in [3.63, 3.8) is 0 Å². The number of carbonyl (C=O) groups excluding carboxylic acids is 1. The molecule has 1 aliphatic rings. The topological polar surface area (TPSA) is 20.3 Å². The number of rotatable bonds is 5. The van der Waals surface area contributed by atoms with Gasteiger partial charge in [-0.1, -0.05) is 6.92 Å². The smallest absolute Gasteiger partial charge is 0.264 e. The normalized spacial score (nSPS) is 15.0. The van der Waals surface area contributed by atoms with E-state index in [1.54, 1.807) is 0 Å². The highest BCUT2D eigenvalue weighted by atomic mass is 79.9. The molecule has 0 N–H and O–H groups in total. The van der Waals surface area contributed by atoms with E-state index in [4.69, 9.17) is 0 Å². The molecule has 0 bridgehead atoms. The lowest BCUT2D eigenvalue weighted by molar-refractivity contribution is 0.0752. The molecule has 94 valence electrons. The van der Waals surface area contributed by atoms with Crippen LogP contribution in [0.4, 0.5) is 0 Å². The van der Waals surface area contributed by atoms with Crippen LogP contribution in [0, 0.1) is 5.92 Å². The largest absolute Gasteiger partial charge is 0.338 e. The molecule has 0 atom stereocenters. The highest BCUT2D eigenvalue weighted by Gasteiger charge is 2.27. The number of amides is 1. The van der Waals surface area contributed by atoms with E-state index in [1.807, 2.05) is 11.0 Å². The van der Waals surface area contributed by atoms with Crippen LogP contribution in [0.2, 0.25) is 0 Å². The van der Waals surface area contributed by atoms with Crippen LogP contribution < -0.4 is 0 Å². The number of halogens is 2. The van der Waals surface area contributed by atoms with E-state index in [-0.39, 0.29) is 5.91 Å². The van der Waals surface area contributed by atoms with Crippen LogP contribution in [0.25, 0.3) is 0 Å². The molecule has 0 spiro atoms. The monoisotopic (exact) mass is 379 g/mol. The fourth-order valence-electron chi connectivity index (χ4n) is 1.77. The highest BCUT2D eigenvalue weighted by molar-refractivity contribution is 9.13. The van der Waals surface area contributed by atoms with Gasteiger partial charge in [-0.3, -0.25) is 4.79 Å². The van der Waals surface area contributed by atoms with E-state index in [0.717, 1.165) is 38.6 Å². The summed E-state index contributed by atoms with van der Waals surface area (Å²) in [6, 6.07) is 1.91. The van der Waals surface area contributed by atoms with Gasteiger partial charge in [0.25, 0.3) is 5.91 Å². The van der Waals surface area contributed by atoms with Gasteiger partial charge in [-0.15, -0.1) is 11.3 Å². The molecule has 0 aromatic carbocycles. The summed E-state index contributed by atoms with van der Waals surface area (Å²) in [7, 11) is 0. The Morgan fingerprint density at radius 2 is 2.24 bits per heavy atom. The van der Waals surface area contributed by atoms with Gasteiger partial charge in [-0.25, -0.2) is 0 Å². The molecule has 1 fully saturated rings. The van der Waals surface area contributed by atoms with Gasteiger partial charge >= 0.3 is 0 Å². The van der Waals surface area contributed by atoms with Crippen LogP contribution >= 0.6 is 43.2 Å². The zero-order chi connectivity index (χ0) is 12.4. The zero-order valence-corrected chi connectivity index (χ0v) is 13.7. The standard InChI is InChI=1S/C12H15Br2NOS/c1-2-5-15(7-8-3-4-8)12(16)10-6-9(13)11(14)17-10/h6,8H,2-5,7H2,1H3. The summed E-state index contributed by atoms with van der Waals surface area (Å²) in [6.07, 6.45) is 3.59. The summed E-state index contributed by atoms with van der Waals surface area (Å²) in [5.41, 5.74) is 0. The molecule has 1 saturated carbocycles. The molecule has 0 aliphatic heterocycles. The lowest BCUT2D eigenvalue weighted by Crippen LogP contribution is -2.33. The molecular weight excluding hydrogens is 366 g/mol. The summed E-state index contributed by atoms with van der Waals surface area (Å²) in [5.74, 6) is 0.924. The maximum Gasteiger partial charge on any atom is 0.264 e. The molecule has 1 amide bonds. The molecule has 1 aromatic heterocycles. The summed E-state index contributed by atoms with van der Waals surface area (Å²) in [4.78, 5) is 15.2. The van der Waals surface area contributed by atoms with Crippen molar-refractivity contribution in [1.29, 1.82) is 0 Å². The number of carbonyl (C=O) groups is 1. The Kier molecular flexibility index (Phi) is 4.66. The van der Waals surface area contributed by atoms with Crippen LogP contribution in [0.1, 0.15) is 35.9 Å². The third-order valence-corrected chi connectivity index (χ3v) is 6.06. The van der Waals surface area contributed by atoms with E-state index < -0.39 is 0 Å². The molecule has 2 rings (SSSR count). The second-order valence-corrected chi connectivity index (χ2v) is 7.65. The molecule has 0 radical (unpaired) electrons. The molecule has 1 heterocycles. The van der Waals surface area contributed by atoms with Gasteiger partial charge in [-0.05, 0) is 63.1 Å². The van der Waals surface area contributed by atoms with E-state index in [2.05, 4.69) is 38.8 Å². The minimum Gasteiger partial charge on any atom is -0.338 e. The number of hydrogen-bond donors (Lipinski definition) is 0. The molecule has 1 aromatic rings. The maximum absolute atomic E-state index is 12.4. The van der Waals surface area contributed by atoms with E-state index >= 15 is 0 Å². The van der Waals surface area contributed by atoms with Crippen molar-refractivity contribution in [3.8, 4) is 0 Å². The van der Waals surface area contributed by atoms with Crippen LogP contribution in [-0.4, -0.2) is 23.9 Å². The van der Waals surface area contributed by atoms with Crippen LogP contribution in [0.3, 0.4) is 0 Å². The first-order valence-electron chi connectivity index (χ1n) is 5.86. The van der Waals surface area contributed by atoms with Crippen LogP contribution in [-0.2, 0) is 0 Å². The van der Waals surface area contributed by atoms with E-state index in [9.17, 15) is 4.79 Å². The van der Waals surface area contributed by atoms with Gasteiger partial charge < -0.3 is 4.90 Å². The third kappa shape index (κ3) is 3.55. The summed E-state index contributed by atoms with van der Waals surface area (Å²) >= 11 is 8.37. The lowest BCUT2D eigenvalue weighted by atomic mass is 10.3. The van der Waals surface area contributed by atoms with Gasteiger partial charge in [-0.2, -0.15) is 0 Å². The van der Waals surface area contributed by atoms with Gasteiger partial charge in [0.05, 0.1) is 8.66 Å². The zero-order valence-electron chi connectivity index (χ0n) is 9.71. The Balaban J connectivity index is 2.08. The summed E-state index contributed by atoms with van der Waals surface area (Å²) in [5, 5.41) is 0. The lowest BCUT2D eigenvalue weighted by Gasteiger charge is -2.21. The Hall–Kier alpha value is 0.130. The average Bonchev–Trinajstić information content (AvgIpc) is 3.04. The predicted molar refractivity (Wildman–Crippen MR) is 78.6 cm³/mol. The Morgan fingerprint density at radius 1 is 1.53 bits per heavy atom. The number of hydrogen-bond acceptors (Lipinski definition) is 2. The van der Waals surface area contributed by atoms with Gasteiger partial charge in [0.1, 0.15) is 0 Å². The fraction of sp³-hybridized carbons (Fsp3) is 0.583. The quantitative estimate of drug-likeness (QED) is 0.734.